The number of rotatable bonds is 5. The van der Waals surface area contributed by atoms with Crippen molar-refractivity contribution in [3.63, 3.8) is 0 Å². The predicted octanol–water partition coefficient (Wildman–Crippen LogP) is 3.29. The van der Waals surface area contributed by atoms with E-state index in [2.05, 4.69) is 36.1 Å². The summed E-state index contributed by atoms with van der Waals surface area (Å²) in [5.74, 6) is 0. The fourth-order valence-corrected chi connectivity index (χ4v) is 3.00. The van der Waals surface area contributed by atoms with Gasteiger partial charge in [-0.15, -0.1) is 0 Å². The summed E-state index contributed by atoms with van der Waals surface area (Å²) < 4.78 is 0.962. The zero-order valence-electron chi connectivity index (χ0n) is 11.5. The van der Waals surface area contributed by atoms with Crippen molar-refractivity contribution < 1.29 is 0 Å². The number of hydrogen-bond acceptors (Lipinski definition) is 4. The van der Waals surface area contributed by atoms with Crippen LogP contribution in [0.15, 0.2) is 29.0 Å². The summed E-state index contributed by atoms with van der Waals surface area (Å²) in [5, 5.41) is 3.49. The highest BCUT2D eigenvalue weighted by Crippen LogP contribution is 2.21. The topological polar surface area (TPSA) is 41.1 Å². The molecule has 0 unspecified atom stereocenters. The molecule has 0 aliphatic carbocycles. The Hall–Kier alpha value is -1.20. The van der Waals surface area contributed by atoms with E-state index in [1.807, 2.05) is 24.5 Å². The molecule has 0 atom stereocenters. The highest BCUT2D eigenvalue weighted by molar-refractivity contribution is 9.10. The molecule has 4 nitrogen and oxygen atoms in total. The average Bonchev–Trinajstić information content (AvgIpc) is 2.96. The lowest BCUT2D eigenvalue weighted by molar-refractivity contribution is 0.337. The molecule has 0 radical (unpaired) electrons. The van der Waals surface area contributed by atoms with Crippen molar-refractivity contribution in [3.05, 3.63) is 29.0 Å². The van der Waals surface area contributed by atoms with Gasteiger partial charge in [-0.3, -0.25) is 9.97 Å². The molecule has 1 N–H and O–H groups in total. The van der Waals surface area contributed by atoms with Gasteiger partial charge in [-0.1, -0.05) is 0 Å². The molecule has 5 heteroatoms. The van der Waals surface area contributed by atoms with E-state index in [-0.39, 0.29) is 0 Å². The third-order valence-electron chi connectivity index (χ3n) is 3.71. The average molecular weight is 335 g/mol. The third kappa shape index (κ3) is 3.27. The van der Waals surface area contributed by atoms with Gasteiger partial charge < -0.3 is 10.2 Å². The Balaban J connectivity index is 1.59. The van der Waals surface area contributed by atoms with Gasteiger partial charge in [0.05, 0.1) is 11.2 Å². The number of nitrogens with one attached hydrogen (secondary N) is 1. The van der Waals surface area contributed by atoms with E-state index < -0.39 is 0 Å². The van der Waals surface area contributed by atoms with Crippen LogP contribution in [0.2, 0.25) is 0 Å². The van der Waals surface area contributed by atoms with Crippen LogP contribution < -0.4 is 5.32 Å². The normalized spacial score (nSPS) is 15.8. The minimum absolute atomic E-state index is 0.920. The SMILES string of the molecule is Brc1cnc2c(NCCCN3CCCC3)ccnc2c1. The quantitative estimate of drug-likeness (QED) is 0.852. The summed E-state index contributed by atoms with van der Waals surface area (Å²) in [6.07, 6.45) is 7.54. The maximum Gasteiger partial charge on any atom is 0.112 e. The molecule has 0 amide bonds. The number of hydrogen-bond donors (Lipinski definition) is 1. The molecule has 0 spiro atoms. The fourth-order valence-electron chi connectivity index (χ4n) is 2.68. The second-order valence-electron chi connectivity index (χ2n) is 5.21. The molecule has 106 valence electrons. The molecule has 3 rings (SSSR count). The van der Waals surface area contributed by atoms with Gasteiger partial charge in [0.2, 0.25) is 0 Å². The summed E-state index contributed by atoms with van der Waals surface area (Å²) >= 11 is 3.43. The Morgan fingerprint density at radius 2 is 2.10 bits per heavy atom. The first kappa shape index (κ1) is 13.8. The van der Waals surface area contributed by atoms with Crippen molar-refractivity contribution in [1.82, 2.24) is 14.9 Å². The maximum atomic E-state index is 4.45. The van der Waals surface area contributed by atoms with Crippen LogP contribution >= 0.6 is 15.9 Å². The Morgan fingerprint density at radius 1 is 1.25 bits per heavy atom. The maximum absolute atomic E-state index is 4.45. The predicted molar refractivity (Wildman–Crippen MR) is 86.0 cm³/mol. The van der Waals surface area contributed by atoms with Crippen LogP contribution in [0.4, 0.5) is 5.69 Å². The van der Waals surface area contributed by atoms with Gasteiger partial charge in [-0.25, -0.2) is 0 Å². The summed E-state index contributed by atoms with van der Waals surface area (Å²) in [7, 11) is 0. The van der Waals surface area contributed by atoms with Gasteiger partial charge in [-0.2, -0.15) is 0 Å². The lowest BCUT2D eigenvalue weighted by atomic mass is 10.2. The molecule has 1 saturated heterocycles. The monoisotopic (exact) mass is 334 g/mol. The van der Waals surface area contributed by atoms with E-state index >= 15 is 0 Å². The molecular weight excluding hydrogens is 316 g/mol. The lowest BCUT2D eigenvalue weighted by Gasteiger charge is -2.15. The van der Waals surface area contributed by atoms with Crippen molar-refractivity contribution in [3.8, 4) is 0 Å². The smallest absolute Gasteiger partial charge is 0.112 e. The largest absolute Gasteiger partial charge is 0.383 e. The minimum atomic E-state index is 0.920. The molecule has 20 heavy (non-hydrogen) atoms. The van der Waals surface area contributed by atoms with E-state index in [0.717, 1.165) is 27.7 Å². The lowest BCUT2D eigenvalue weighted by Crippen LogP contribution is -2.22. The molecule has 1 fully saturated rings. The standard InChI is InChI=1S/C15H19BrN4/c16-12-10-14-15(19-11-12)13(4-6-18-14)17-5-3-9-20-7-1-2-8-20/h4,6,10-11H,1-3,5,7-9H2,(H,17,18). The molecule has 1 aliphatic rings. The van der Waals surface area contributed by atoms with Gasteiger partial charge in [0.1, 0.15) is 5.52 Å². The molecule has 0 aromatic carbocycles. The molecule has 0 bridgehead atoms. The number of aromatic nitrogens is 2. The Labute approximate surface area is 127 Å². The first-order chi connectivity index (χ1) is 9.83. The van der Waals surface area contributed by atoms with Gasteiger partial charge in [-0.05, 0) is 67.0 Å². The molecule has 0 saturated carbocycles. The van der Waals surface area contributed by atoms with E-state index in [1.54, 1.807) is 0 Å². The molecular formula is C15H19BrN4. The number of halogens is 1. The highest BCUT2D eigenvalue weighted by Gasteiger charge is 2.10. The summed E-state index contributed by atoms with van der Waals surface area (Å²) in [5.41, 5.74) is 2.93. The van der Waals surface area contributed by atoms with Crippen LogP contribution in [-0.4, -0.2) is 41.0 Å². The van der Waals surface area contributed by atoms with Crippen molar-refractivity contribution in [2.75, 3.05) is 31.5 Å². The van der Waals surface area contributed by atoms with Gasteiger partial charge >= 0.3 is 0 Å². The second-order valence-corrected chi connectivity index (χ2v) is 6.12. The third-order valence-corrected chi connectivity index (χ3v) is 4.14. The van der Waals surface area contributed by atoms with Gasteiger partial charge in [0.15, 0.2) is 0 Å². The van der Waals surface area contributed by atoms with Crippen molar-refractivity contribution in [2.24, 2.45) is 0 Å². The van der Waals surface area contributed by atoms with Crippen molar-refractivity contribution in [2.45, 2.75) is 19.3 Å². The zero-order valence-corrected chi connectivity index (χ0v) is 13.1. The number of anilines is 1. The first-order valence-electron chi connectivity index (χ1n) is 7.19. The number of likely N-dealkylation sites (tertiary alicyclic amines) is 1. The van der Waals surface area contributed by atoms with Crippen LogP contribution in [0.5, 0.6) is 0 Å². The fraction of sp³-hybridized carbons (Fsp3) is 0.467. The van der Waals surface area contributed by atoms with Crippen LogP contribution in [0.25, 0.3) is 11.0 Å². The van der Waals surface area contributed by atoms with Gasteiger partial charge in [0, 0.05) is 23.4 Å². The summed E-state index contributed by atoms with van der Waals surface area (Å²) in [4.78, 5) is 11.4. The number of nitrogens with zero attached hydrogens (tertiary/aromatic N) is 3. The number of pyridine rings is 2. The summed E-state index contributed by atoms with van der Waals surface area (Å²) in [6, 6.07) is 4.00. The molecule has 2 aromatic heterocycles. The minimum Gasteiger partial charge on any atom is -0.383 e. The van der Waals surface area contributed by atoms with Crippen molar-refractivity contribution in [1.29, 1.82) is 0 Å². The second kappa shape index (κ2) is 6.50. The van der Waals surface area contributed by atoms with Crippen LogP contribution in [0.1, 0.15) is 19.3 Å². The van der Waals surface area contributed by atoms with E-state index in [1.165, 1.54) is 38.9 Å². The van der Waals surface area contributed by atoms with E-state index in [0.29, 0.717) is 0 Å². The summed E-state index contributed by atoms with van der Waals surface area (Å²) in [6.45, 7) is 4.71. The van der Waals surface area contributed by atoms with E-state index in [4.69, 9.17) is 0 Å². The van der Waals surface area contributed by atoms with Crippen LogP contribution in [-0.2, 0) is 0 Å². The van der Waals surface area contributed by atoms with Crippen molar-refractivity contribution >= 4 is 32.7 Å². The molecule has 1 aliphatic heterocycles. The Morgan fingerprint density at radius 3 is 2.95 bits per heavy atom. The van der Waals surface area contributed by atoms with Crippen LogP contribution in [0, 0.1) is 0 Å². The zero-order chi connectivity index (χ0) is 13.8. The van der Waals surface area contributed by atoms with Crippen LogP contribution in [0.3, 0.4) is 0 Å². The molecule has 3 heterocycles. The van der Waals surface area contributed by atoms with Gasteiger partial charge in [0.25, 0.3) is 0 Å². The van der Waals surface area contributed by atoms with E-state index in [9.17, 15) is 0 Å². The number of fused-ring (bicyclic) bond motifs is 1. The Bertz CT molecular complexity index is 581. The first-order valence-corrected chi connectivity index (χ1v) is 7.99. The molecule has 2 aromatic rings. The highest BCUT2D eigenvalue weighted by atomic mass is 79.9. The Kier molecular flexibility index (Phi) is 4.47.